The molecule has 1 unspecified atom stereocenters. The van der Waals surface area contributed by atoms with Crippen LogP contribution in [0.2, 0.25) is 0 Å². The standard InChI is InChI=1S/C19H28FN2O.C7H8.Y/c1-4-22(10-6-5-7-11-22)17-8-9-21(19(17)23)18-14(2)12-16(20)13-15(18)3;1-7-5-3-2-4-6-7;/h12-13,17H,4-11H2,1-3H3;2-6H,1H3;/q+1;;. The summed E-state index contributed by atoms with van der Waals surface area (Å²) in [5.41, 5.74) is 3.96. The Kier molecular flexibility index (Phi) is 9.85. The monoisotopic (exact) mass is 500 g/mol. The molecule has 1 radical (unpaired) electrons. The Morgan fingerprint density at radius 1 is 1.00 bits per heavy atom. The van der Waals surface area contributed by atoms with Gasteiger partial charge in [0.05, 0.1) is 19.6 Å². The molecule has 31 heavy (non-hydrogen) atoms. The van der Waals surface area contributed by atoms with Crippen molar-refractivity contribution in [3.63, 3.8) is 0 Å². The predicted molar refractivity (Wildman–Crippen MR) is 122 cm³/mol. The van der Waals surface area contributed by atoms with Gasteiger partial charge in [-0.3, -0.25) is 4.79 Å². The number of carbonyl (C=O) groups is 1. The summed E-state index contributed by atoms with van der Waals surface area (Å²) >= 11 is 0. The van der Waals surface area contributed by atoms with E-state index in [9.17, 15) is 9.18 Å². The third-order valence-electron chi connectivity index (χ3n) is 6.84. The van der Waals surface area contributed by atoms with E-state index in [0.29, 0.717) is 0 Å². The van der Waals surface area contributed by atoms with Gasteiger partial charge in [0.2, 0.25) is 0 Å². The average Bonchev–Trinajstić information content (AvgIpc) is 3.10. The molecule has 3 nitrogen and oxygen atoms in total. The molecule has 2 saturated heterocycles. The number of carbonyl (C=O) groups excluding carboxylic acids is 1. The van der Waals surface area contributed by atoms with Crippen molar-refractivity contribution < 1.29 is 46.4 Å². The first-order chi connectivity index (χ1) is 14.4. The van der Waals surface area contributed by atoms with Crippen molar-refractivity contribution >= 4 is 11.6 Å². The first-order valence-corrected chi connectivity index (χ1v) is 11.3. The van der Waals surface area contributed by atoms with Crippen molar-refractivity contribution in [1.82, 2.24) is 0 Å². The molecule has 1 atom stereocenters. The molecule has 0 aromatic heterocycles. The van der Waals surface area contributed by atoms with E-state index >= 15 is 0 Å². The van der Waals surface area contributed by atoms with E-state index in [1.807, 2.05) is 36.9 Å². The van der Waals surface area contributed by atoms with Gasteiger partial charge in [-0.15, -0.1) is 0 Å². The van der Waals surface area contributed by atoms with Crippen molar-refractivity contribution in [3.05, 3.63) is 65.0 Å². The van der Waals surface area contributed by atoms with Crippen LogP contribution in [-0.2, 0) is 37.5 Å². The van der Waals surface area contributed by atoms with E-state index in [-0.39, 0.29) is 50.5 Å². The number of hydrogen-bond acceptors (Lipinski definition) is 1. The molecule has 2 aromatic carbocycles. The Labute approximate surface area is 212 Å². The number of likely N-dealkylation sites (tertiary alicyclic amines) is 1. The SMILES string of the molecule is CC[N+]1(C2CCN(c3c(C)cc(F)cc3C)C2=O)CCCCC1.Cc1ccccc1.[Y]. The van der Waals surface area contributed by atoms with Crippen molar-refractivity contribution in [2.24, 2.45) is 0 Å². The van der Waals surface area contributed by atoms with Crippen LogP contribution in [0.4, 0.5) is 10.1 Å². The molecular formula is C26H36FN2OY+. The number of likely N-dealkylation sites (N-methyl/N-ethyl adjacent to an activating group) is 1. The quantitative estimate of drug-likeness (QED) is 0.506. The number of piperidine rings is 1. The van der Waals surface area contributed by atoms with Gasteiger partial charge in [0.25, 0.3) is 5.91 Å². The zero-order valence-electron chi connectivity index (χ0n) is 19.5. The second-order valence-corrected chi connectivity index (χ2v) is 8.88. The van der Waals surface area contributed by atoms with Crippen LogP contribution in [0.25, 0.3) is 0 Å². The van der Waals surface area contributed by atoms with E-state index < -0.39 is 0 Å². The fourth-order valence-electron chi connectivity index (χ4n) is 5.25. The van der Waals surface area contributed by atoms with Gasteiger partial charge in [-0.1, -0.05) is 35.9 Å². The van der Waals surface area contributed by atoms with Gasteiger partial charge in [-0.25, -0.2) is 4.39 Å². The number of nitrogens with zero attached hydrogens (tertiary/aromatic N) is 2. The van der Waals surface area contributed by atoms with Gasteiger partial charge in [0.1, 0.15) is 5.82 Å². The molecule has 1 amide bonds. The minimum absolute atomic E-state index is 0. The first-order valence-electron chi connectivity index (χ1n) is 11.3. The van der Waals surface area contributed by atoms with Gasteiger partial charge in [0, 0.05) is 51.4 Å². The maximum Gasteiger partial charge on any atom is 0.285 e. The molecule has 5 heteroatoms. The van der Waals surface area contributed by atoms with Gasteiger partial charge in [0.15, 0.2) is 6.04 Å². The number of rotatable bonds is 3. The number of aryl methyl sites for hydroxylation is 3. The molecule has 0 aliphatic carbocycles. The summed E-state index contributed by atoms with van der Waals surface area (Å²) in [6.45, 7) is 12.1. The summed E-state index contributed by atoms with van der Waals surface area (Å²) in [7, 11) is 0. The Hall–Kier alpha value is -1.10. The van der Waals surface area contributed by atoms with Crippen LogP contribution in [0.3, 0.4) is 0 Å². The third-order valence-corrected chi connectivity index (χ3v) is 6.84. The molecule has 0 N–H and O–H groups in total. The maximum atomic E-state index is 13.6. The van der Waals surface area contributed by atoms with E-state index in [1.54, 1.807) is 0 Å². The molecule has 165 valence electrons. The van der Waals surface area contributed by atoms with Gasteiger partial charge in [-0.05, 0) is 70.2 Å². The summed E-state index contributed by atoms with van der Waals surface area (Å²) in [5.74, 6) is 0.0200. The van der Waals surface area contributed by atoms with Crippen LogP contribution in [0.1, 0.15) is 49.3 Å². The van der Waals surface area contributed by atoms with Crippen molar-refractivity contribution in [1.29, 1.82) is 0 Å². The number of hydrogen-bond donors (Lipinski definition) is 0. The minimum atomic E-state index is -0.222. The van der Waals surface area contributed by atoms with Crippen molar-refractivity contribution in [2.45, 2.75) is 59.4 Å². The molecule has 2 heterocycles. The molecule has 2 aliphatic heterocycles. The van der Waals surface area contributed by atoms with E-state index in [2.05, 4.69) is 26.0 Å². The van der Waals surface area contributed by atoms with Gasteiger partial charge >= 0.3 is 0 Å². The topological polar surface area (TPSA) is 20.3 Å². The van der Waals surface area contributed by atoms with Crippen LogP contribution >= 0.6 is 0 Å². The zero-order valence-corrected chi connectivity index (χ0v) is 22.4. The number of amides is 1. The van der Waals surface area contributed by atoms with Crippen LogP contribution in [0.5, 0.6) is 0 Å². The molecule has 0 saturated carbocycles. The predicted octanol–water partition coefficient (Wildman–Crippen LogP) is 5.56. The smallest absolute Gasteiger partial charge is 0.285 e. The fraction of sp³-hybridized carbons (Fsp3) is 0.500. The Morgan fingerprint density at radius 3 is 2.06 bits per heavy atom. The van der Waals surface area contributed by atoms with Crippen molar-refractivity contribution in [2.75, 3.05) is 31.1 Å². The van der Waals surface area contributed by atoms with Crippen molar-refractivity contribution in [3.8, 4) is 0 Å². The molecule has 2 fully saturated rings. The van der Waals surface area contributed by atoms with Crippen LogP contribution in [0.15, 0.2) is 42.5 Å². The number of halogens is 1. The maximum absolute atomic E-state index is 13.6. The molecule has 0 spiro atoms. The molecule has 0 bridgehead atoms. The second-order valence-electron chi connectivity index (χ2n) is 8.88. The average molecular weight is 500 g/mol. The van der Waals surface area contributed by atoms with E-state index in [4.69, 9.17) is 0 Å². The van der Waals surface area contributed by atoms with Crippen LogP contribution in [-0.4, -0.2) is 42.6 Å². The Morgan fingerprint density at radius 2 is 1.58 bits per heavy atom. The largest absolute Gasteiger partial charge is 0.314 e. The van der Waals surface area contributed by atoms with Gasteiger partial charge in [-0.2, -0.15) is 0 Å². The summed E-state index contributed by atoms with van der Waals surface area (Å²) < 4.78 is 14.5. The number of quaternary nitrogens is 1. The molecule has 2 aliphatic rings. The molecular weight excluding hydrogens is 464 g/mol. The third kappa shape index (κ3) is 6.03. The first kappa shape index (κ1) is 26.2. The van der Waals surface area contributed by atoms with Crippen LogP contribution in [0, 0.1) is 26.6 Å². The molecule has 2 aromatic rings. The Bertz CT molecular complexity index is 842. The van der Waals surface area contributed by atoms with E-state index in [1.165, 1.54) is 37.0 Å². The normalized spacial score (nSPS) is 20.0. The number of anilines is 1. The fourth-order valence-corrected chi connectivity index (χ4v) is 5.25. The minimum Gasteiger partial charge on any atom is -0.314 e. The number of benzene rings is 2. The summed E-state index contributed by atoms with van der Waals surface area (Å²) in [6.07, 6.45) is 4.67. The zero-order chi connectivity index (χ0) is 21.7. The van der Waals surface area contributed by atoms with E-state index in [0.717, 1.165) is 53.9 Å². The van der Waals surface area contributed by atoms with Crippen LogP contribution < -0.4 is 4.90 Å². The summed E-state index contributed by atoms with van der Waals surface area (Å²) in [5, 5.41) is 0. The summed E-state index contributed by atoms with van der Waals surface area (Å²) in [6, 6.07) is 13.4. The molecule has 4 rings (SSSR count). The van der Waals surface area contributed by atoms with Gasteiger partial charge < -0.3 is 9.38 Å². The second kappa shape index (κ2) is 11.7. The summed E-state index contributed by atoms with van der Waals surface area (Å²) in [4.78, 5) is 15.1. The Balaban J connectivity index is 0.000000364.